The molecule has 4 aliphatic rings. The Balaban J connectivity index is 0.795. The van der Waals surface area contributed by atoms with E-state index in [0.717, 1.165) is 147 Å². The molecule has 550 valence electrons. The Morgan fingerprint density at radius 1 is 0.203 bits per heavy atom. The van der Waals surface area contributed by atoms with Crippen LogP contribution in [0.25, 0.3) is 77.2 Å². The Labute approximate surface area is 687 Å². The lowest BCUT2D eigenvalue weighted by Gasteiger charge is -2.46. The SMILES string of the molecule is c1ccc(-c2ccccc2N(c2cc3c4c(c2)N(c2ccc(-c5c6ccccc6c(-c6ccccc6)c6ccccc56)cc2)c2ccccc2B4c2cc4c(cc2O3)N(c2ccccc2-c2ccccc2)c2cc(N(c3ccccc3)c3ccccc3)cc3c2B4c2ccccc2N3c2ccccc2)c2ccccc2-c2ccccc2)cc1. The van der Waals surface area contributed by atoms with Gasteiger partial charge in [0.25, 0.3) is 13.4 Å². The molecular weight excluding hydrogens is 1430 g/mol. The highest BCUT2D eigenvalue weighted by Gasteiger charge is 2.49. The van der Waals surface area contributed by atoms with E-state index in [-0.39, 0.29) is 13.4 Å². The number of nitrogens with zero attached hydrogens (tertiary/aromatic N) is 5. The summed E-state index contributed by atoms with van der Waals surface area (Å²) < 4.78 is 8.20. The number of rotatable bonds is 14. The first kappa shape index (κ1) is 68.2. The molecule has 23 rings (SSSR count). The zero-order valence-electron chi connectivity index (χ0n) is 64.4. The lowest BCUT2D eigenvalue weighted by Crippen LogP contribution is -2.64. The van der Waals surface area contributed by atoms with Crippen LogP contribution in [-0.2, 0) is 0 Å². The van der Waals surface area contributed by atoms with Crippen molar-refractivity contribution >= 4 is 153 Å². The maximum Gasteiger partial charge on any atom is 0.256 e. The van der Waals surface area contributed by atoms with Gasteiger partial charge in [-0.1, -0.05) is 334 Å². The van der Waals surface area contributed by atoms with Crippen molar-refractivity contribution in [3.05, 3.63) is 443 Å². The number of ether oxygens (including phenoxy) is 1. The standard InChI is InChI=1S/C110H73B2N5O/c1-8-36-74(37-9-1)85-50-26-31-59-96(85)116(97-60-32-27-51-86(97)75-38-10-2-11-39-75)84-70-104-110-106(71-84)118-105-73-101-94(72-95(105)112(110)93-58-30-35-63-100(93)115(104)82-66-64-78(65-67-82)108-90-55-24-22-53-88(90)107(77-42-14-4-15-43-77)89-54-23-25-56-91(89)108)111-92-57-29-34-62-99(92)114(81-48-20-7-21-49-81)102-68-83(113(79-44-16-5-17-45-79)80-46-18-6-19-47-80)69-103(109(102)111)117(101)98-61-33-28-52-87(98)76-40-12-3-13-41-76/h1-73H. The summed E-state index contributed by atoms with van der Waals surface area (Å²) in [7, 11) is 0. The summed E-state index contributed by atoms with van der Waals surface area (Å²) in [6, 6.07) is 163. The van der Waals surface area contributed by atoms with Gasteiger partial charge < -0.3 is 29.2 Å². The molecule has 0 unspecified atom stereocenters. The minimum absolute atomic E-state index is 0.249. The number of fused-ring (bicyclic) bond motifs is 10. The average Bonchev–Trinajstić information content (AvgIpc) is 0.685. The monoisotopic (exact) mass is 1500 g/mol. The van der Waals surface area contributed by atoms with Crippen molar-refractivity contribution in [2.24, 2.45) is 0 Å². The molecule has 0 aliphatic carbocycles. The van der Waals surface area contributed by atoms with Gasteiger partial charge in [-0.05, 0) is 190 Å². The van der Waals surface area contributed by atoms with Crippen LogP contribution in [0.15, 0.2) is 443 Å². The quantitative estimate of drug-likeness (QED) is 0.0795. The van der Waals surface area contributed by atoms with Gasteiger partial charge in [-0.15, -0.1) is 0 Å². The number of hydrogen-bond acceptors (Lipinski definition) is 6. The minimum Gasteiger partial charge on any atom is -0.458 e. The molecular formula is C110H73B2N5O. The number of anilines is 15. The van der Waals surface area contributed by atoms with Gasteiger partial charge in [-0.2, -0.15) is 0 Å². The second-order valence-electron chi connectivity index (χ2n) is 30.9. The van der Waals surface area contributed by atoms with E-state index in [2.05, 4.69) is 467 Å². The Morgan fingerprint density at radius 3 is 1.08 bits per heavy atom. The van der Waals surface area contributed by atoms with Crippen molar-refractivity contribution in [1.29, 1.82) is 0 Å². The van der Waals surface area contributed by atoms with Crippen LogP contribution in [0.3, 0.4) is 0 Å². The molecule has 0 N–H and O–H groups in total. The maximum absolute atomic E-state index is 8.20. The molecule has 0 saturated carbocycles. The fourth-order valence-electron chi connectivity index (χ4n) is 19.5. The molecule has 0 bridgehead atoms. The first-order chi connectivity index (χ1) is 58.6. The van der Waals surface area contributed by atoms with E-state index in [1.54, 1.807) is 0 Å². The van der Waals surface area contributed by atoms with E-state index in [9.17, 15) is 0 Å². The largest absolute Gasteiger partial charge is 0.458 e. The van der Waals surface area contributed by atoms with Crippen molar-refractivity contribution < 1.29 is 4.74 Å². The van der Waals surface area contributed by atoms with Gasteiger partial charge in [-0.3, -0.25) is 0 Å². The highest BCUT2D eigenvalue weighted by atomic mass is 16.5. The fourth-order valence-corrected chi connectivity index (χ4v) is 19.5. The van der Waals surface area contributed by atoms with Crippen LogP contribution in [0, 0.1) is 0 Å². The van der Waals surface area contributed by atoms with E-state index < -0.39 is 0 Å². The first-order valence-electron chi connectivity index (χ1n) is 40.7. The van der Waals surface area contributed by atoms with Crippen LogP contribution in [0.1, 0.15) is 0 Å². The van der Waals surface area contributed by atoms with Crippen LogP contribution in [0.5, 0.6) is 11.5 Å². The second kappa shape index (κ2) is 28.3. The molecule has 8 heteroatoms. The topological polar surface area (TPSA) is 25.4 Å². The molecule has 19 aromatic rings. The summed E-state index contributed by atoms with van der Waals surface area (Å²) in [5.74, 6) is 1.56. The first-order valence-corrected chi connectivity index (χ1v) is 40.7. The predicted octanol–water partition coefficient (Wildman–Crippen LogP) is 25.8. The highest BCUT2D eigenvalue weighted by Crippen LogP contribution is 2.55. The van der Waals surface area contributed by atoms with Crippen LogP contribution in [-0.4, -0.2) is 13.4 Å². The van der Waals surface area contributed by atoms with Crippen LogP contribution in [0.4, 0.5) is 85.3 Å². The van der Waals surface area contributed by atoms with Gasteiger partial charge in [0.1, 0.15) is 11.5 Å². The molecule has 4 aliphatic heterocycles. The molecule has 118 heavy (non-hydrogen) atoms. The summed E-state index contributed by atoms with van der Waals surface area (Å²) in [5, 5.41) is 4.86. The number of benzene rings is 19. The fraction of sp³-hybridized carbons (Fsp3) is 0. The molecule has 0 saturated heterocycles. The normalized spacial score (nSPS) is 12.6. The summed E-state index contributed by atoms with van der Waals surface area (Å²) in [4.78, 5) is 12.5. The molecule has 6 nitrogen and oxygen atoms in total. The van der Waals surface area contributed by atoms with E-state index in [0.29, 0.717) is 0 Å². The molecule has 0 fully saturated rings. The van der Waals surface area contributed by atoms with Gasteiger partial charge >= 0.3 is 0 Å². The Hall–Kier alpha value is -15.4. The lowest BCUT2D eigenvalue weighted by atomic mass is 9.30. The molecule has 0 atom stereocenters. The van der Waals surface area contributed by atoms with Crippen molar-refractivity contribution in [2.45, 2.75) is 0 Å². The maximum atomic E-state index is 8.20. The van der Waals surface area contributed by atoms with Gasteiger partial charge in [0, 0.05) is 85.7 Å². The Bertz CT molecular complexity index is 6940. The molecule has 0 aromatic heterocycles. The molecule has 4 heterocycles. The third-order valence-corrected chi connectivity index (χ3v) is 24.4. The van der Waals surface area contributed by atoms with Crippen molar-refractivity contribution in [3.63, 3.8) is 0 Å². The van der Waals surface area contributed by atoms with E-state index >= 15 is 0 Å². The summed E-state index contributed by atoms with van der Waals surface area (Å²) in [5.41, 5.74) is 34.1. The van der Waals surface area contributed by atoms with Crippen molar-refractivity contribution in [3.8, 4) is 67.1 Å². The molecule has 19 aromatic carbocycles. The molecule has 0 amide bonds. The second-order valence-corrected chi connectivity index (χ2v) is 30.9. The van der Waals surface area contributed by atoms with Crippen molar-refractivity contribution in [2.75, 3.05) is 24.5 Å². The smallest absolute Gasteiger partial charge is 0.256 e. The van der Waals surface area contributed by atoms with Crippen LogP contribution in [0.2, 0.25) is 0 Å². The van der Waals surface area contributed by atoms with Crippen LogP contribution >= 0.6 is 0 Å². The lowest BCUT2D eigenvalue weighted by molar-refractivity contribution is 0.488. The minimum atomic E-state index is -0.305. The number of para-hydroxylation sites is 8. The summed E-state index contributed by atoms with van der Waals surface area (Å²) in [6.45, 7) is -0.554. The predicted molar refractivity (Wildman–Crippen MR) is 498 cm³/mol. The van der Waals surface area contributed by atoms with Gasteiger partial charge in [0.05, 0.1) is 28.4 Å². The van der Waals surface area contributed by atoms with E-state index in [1.165, 1.54) is 60.1 Å². The third-order valence-electron chi connectivity index (χ3n) is 24.4. The number of hydrogen-bond donors (Lipinski definition) is 0. The Kier molecular flexibility index (Phi) is 16.4. The molecule has 0 spiro atoms. The van der Waals surface area contributed by atoms with Gasteiger partial charge in [0.2, 0.25) is 0 Å². The summed E-state index contributed by atoms with van der Waals surface area (Å²) >= 11 is 0. The third kappa shape index (κ3) is 11.1. The molecule has 0 radical (unpaired) electrons. The van der Waals surface area contributed by atoms with Crippen LogP contribution < -0.4 is 62.0 Å². The van der Waals surface area contributed by atoms with E-state index in [1.807, 2.05) is 0 Å². The van der Waals surface area contributed by atoms with E-state index in [4.69, 9.17) is 4.74 Å². The summed E-state index contributed by atoms with van der Waals surface area (Å²) in [6.07, 6.45) is 0. The van der Waals surface area contributed by atoms with Gasteiger partial charge in [-0.25, -0.2) is 0 Å². The highest BCUT2D eigenvalue weighted by molar-refractivity contribution is 7.02. The zero-order valence-corrected chi connectivity index (χ0v) is 64.4. The Morgan fingerprint density at radius 2 is 0.568 bits per heavy atom. The zero-order chi connectivity index (χ0) is 77.7. The average molecular weight is 1500 g/mol. The van der Waals surface area contributed by atoms with Gasteiger partial charge in [0.15, 0.2) is 0 Å². The van der Waals surface area contributed by atoms with Crippen molar-refractivity contribution in [1.82, 2.24) is 0 Å².